The predicted octanol–water partition coefficient (Wildman–Crippen LogP) is 4.96. The lowest BCUT2D eigenvalue weighted by Gasteiger charge is -2.08. The molecule has 0 aromatic rings. The van der Waals surface area contributed by atoms with E-state index in [4.69, 9.17) is 10.5 Å². The molecule has 0 aliphatic heterocycles. The van der Waals surface area contributed by atoms with E-state index in [1.165, 1.54) is 64.2 Å². The van der Waals surface area contributed by atoms with Crippen molar-refractivity contribution in [3.8, 4) is 0 Å². The molecule has 0 aliphatic rings. The van der Waals surface area contributed by atoms with Crippen LogP contribution in [0.2, 0.25) is 0 Å². The van der Waals surface area contributed by atoms with Crippen LogP contribution in [0.5, 0.6) is 0 Å². The van der Waals surface area contributed by atoms with Crippen LogP contribution in [0.15, 0.2) is 0 Å². The standard InChI is InChI=1S/C16H35NOS/c1-3-4-5-6-7-8-9-10-11-12-14-18-15-13-16(17)19-2/h16H,3-15,17H2,1-2H3. The number of nitrogens with two attached hydrogens (primary N) is 1. The first-order valence-corrected chi connectivity index (χ1v) is 9.46. The molecule has 0 saturated carbocycles. The highest BCUT2D eigenvalue weighted by Gasteiger charge is 1.98. The molecule has 0 aromatic carbocycles. The largest absolute Gasteiger partial charge is 0.381 e. The van der Waals surface area contributed by atoms with Crippen LogP contribution in [0.3, 0.4) is 0 Å². The summed E-state index contributed by atoms with van der Waals surface area (Å²) in [7, 11) is 0. The average Bonchev–Trinajstić information content (AvgIpc) is 2.43. The normalized spacial score (nSPS) is 12.8. The van der Waals surface area contributed by atoms with E-state index in [1.54, 1.807) is 11.8 Å². The Bertz CT molecular complexity index is 167. The molecular formula is C16H35NOS. The summed E-state index contributed by atoms with van der Waals surface area (Å²) in [5.74, 6) is 0. The smallest absolute Gasteiger partial charge is 0.0526 e. The second-order valence-corrected chi connectivity index (χ2v) is 6.43. The van der Waals surface area contributed by atoms with Crippen molar-refractivity contribution >= 4 is 11.8 Å². The Morgan fingerprint density at radius 1 is 0.842 bits per heavy atom. The number of unbranched alkanes of at least 4 members (excludes halogenated alkanes) is 9. The predicted molar refractivity (Wildman–Crippen MR) is 88.8 cm³/mol. The first-order valence-electron chi connectivity index (χ1n) is 8.17. The molecule has 0 spiro atoms. The molecule has 0 fully saturated rings. The summed E-state index contributed by atoms with van der Waals surface area (Å²) in [6.45, 7) is 4.01. The van der Waals surface area contributed by atoms with Gasteiger partial charge in [0, 0.05) is 13.2 Å². The summed E-state index contributed by atoms with van der Waals surface area (Å²) < 4.78 is 5.58. The fourth-order valence-corrected chi connectivity index (χ4v) is 2.44. The van der Waals surface area contributed by atoms with E-state index in [2.05, 4.69) is 6.92 Å². The zero-order chi connectivity index (χ0) is 14.2. The van der Waals surface area contributed by atoms with Gasteiger partial charge >= 0.3 is 0 Å². The van der Waals surface area contributed by atoms with Crippen molar-refractivity contribution in [3.63, 3.8) is 0 Å². The molecule has 2 nitrogen and oxygen atoms in total. The molecule has 0 rings (SSSR count). The van der Waals surface area contributed by atoms with Crippen molar-refractivity contribution in [1.29, 1.82) is 0 Å². The van der Waals surface area contributed by atoms with Crippen LogP contribution in [0.1, 0.15) is 77.6 Å². The Balaban J connectivity index is 2.95. The molecule has 19 heavy (non-hydrogen) atoms. The SMILES string of the molecule is CCCCCCCCCCCCOCCC(N)SC. The van der Waals surface area contributed by atoms with Crippen molar-refractivity contribution in [2.45, 2.75) is 82.9 Å². The van der Waals surface area contributed by atoms with Crippen molar-refractivity contribution in [2.75, 3.05) is 19.5 Å². The Morgan fingerprint density at radius 3 is 1.89 bits per heavy atom. The van der Waals surface area contributed by atoms with E-state index < -0.39 is 0 Å². The van der Waals surface area contributed by atoms with Crippen LogP contribution >= 0.6 is 11.8 Å². The highest BCUT2D eigenvalue weighted by atomic mass is 32.2. The number of rotatable bonds is 15. The second-order valence-electron chi connectivity index (χ2n) is 5.36. The van der Waals surface area contributed by atoms with Crippen molar-refractivity contribution in [3.05, 3.63) is 0 Å². The topological polar surface area (TPSA) is 35.2 Å². The molecule has 0 saturated heterocycles. The summed E-state index contributed by atoms with van der Waals surface area (Å²) in [6.07, 6.45) is 16.8. The van der Waals surface area contributed by atoms with Crippen LogP contribution < -0.4 is 5.73 Å². The summed E-state index contributed by atoms with van der Waals surface area (Å²) in [6, 6.07) is 0. The van der Waals surface area contributed by atoms with Gasteiger partial charge in [0.2, 0.25) is 0 Å². The lowest BCUT2D eigenvalue weighted by Crippen LogP contribution is -2.17. The second kappa shape index (κ2) is 16.3. The van der Waals surface area contributed by atoms with Gasteiger partial charge in [-0.15, -0.1) is 11.8 Å². The number of hydrogen-bond acceptors (Lipinski definition) is 3. The van der Waals surface area contributed by atoms with Crippen molar-refractivity contribution < 1.29 is 4.74 Å². The molecule has 1 unspecified atom stereocenters. The minimum atomic E-state index is 0.243. The highest BCUT2D eigenvalue weighted by molar-refractivity contribution is 7.99. The maximum atomic E-state index is 5.80. The van der Waals surface area contributed by atoms with Crippen LogP contribution in [0.25, 0.3) is 0 Å². The number of ether oxygens (including phenoxy) is 1. The van der Waals surface area contributed by atoms with Crippen LogP contribution in [0, 0.1) is 0 Å². The van der Waals surface area contributed by atoms with Crippen molar-refractivity contribution in [1.82, 2.24) is 0 Å². The lowest BCUT2D eigenvalue weighted by molar-refractivity contribution is 0.127. The van der Waals surface area contributed by atoms with Crippen LogP contribution in [-0.4, -0.2) is 24.8 Å². The molecule has 0 aliphatic carbocycles. The Morgan fingerprint density at radius 2 is 1.37 bits per heavy atom. The van der Waals surface area contributed by atoms with E-state index in [0.717, 1.165) is 19.6 Å². The molecule has 116 valence electrons. The van der Waals surface area contributed by atoms with E-state index in [1.807, 2.05) is 6.26 Å². The van der Waals surface area contributed by atoms with Gasteiger partial charge in [-0.25, -0.2) is 0 Å². The van der Waals surface area contributed by atoms with E-state index in [9.17, 15) is 0 Å². The van der Waals surface area contributed by atoms with Gasteiger partial charge in [0.1, 0.15) is 0 Å². The molecule has 1 atom stereocenters. The molecule has 0 amide bonds. The number of thioether (sulfide) groups is 1. The maximum Gasteiger partial charge on any atom is 0.0526 e. The number of hydrogen-bond donors (Lipinski definition) is 1. The highest BCUT2D eigenvalue weighted by Crippen LogP contribution is 2.10. The molecule has 0 aromatic heterocycles. The zero-order valence-corrected chi connectivity index (χ0v) is 14.0. The minimum Gasteiger partial charge on any atom is -0.381 e. The van der Waals surface area contributed by atoms with Gasteiger partial charge in [-0.05, 0) is 19.1 Å². The summed E-state index contributed by atoms with van der Waals surface area (Å²) in [4.78, 5) is 0. The van der Waals surface area contributed by atoms with Gasteiger partial charge in [0.15, 0.2) is 0 Å². The average molecular weight is 290 g/mol. The van der Waals surface area contributed by atoms with Gasteiger partial charge in [-0.1, -0.05) is 64.7 Å². The lowest BCUT2D eigenvalue weighted by atomic mass is 10.1. The first kappa shape index (κ1) is 19.3. The van der Waals surface area contributed by atoms with Crippen LogP contribution in [-0.2, 0) is 4.74 Å². The fraction of sp³-hybridized carbons (Fsp3) is 1.00. The summed E-state index contributed by atoms with van der Waals surface area (Å²) in [5.41, 5.74) is 5.80. The Labute approximate surface area is 125 Å². The molecule has 0 radical (unpaired) electrons. The molecule has 0 bridgehead atoms. The molecule has 0 heterocycles. The Kier molecular flexibility index (Phi) is 16.6. The Hall–Kier alpha value is 0.270. The van der Waals surface area contributed by atoms with E-state index in [-0.39, 0.29) is 5.37 Å². The quantitative estimate of drug-likeness (QED) is 0.342. The third kappa shape index (κ3) is 16.2. The third-order valence-electron chi connectivity index (χ3n) is 3.49. The summed E-state index contributed by atoms with van der Waals surface area (Å²) in [5, 5.41) is 0.243. The van der Waals surface area contributed by atoms with Crippen LogP contribution in [0.4, 0.5) is 0 Å². The monoisotopic (exact) mass is 289 g/mol. The van der Waals surface area contributed by atoms with Crippen molar-refractivity contribution in [2.24, 2.45) is 5.73 Å². The van der Waals surface area contributed by atoms with Gasteiger partial charge in [0.05, 0.1) is 5.37 Å². The zero-order valence-electron chi connectivity index (χ0n) is 13.2. The molecule has 2 N–H and O–H groups in total. The van der Waals surface area contributed by atoms with E-state index in [0.29, 0.717) is 0 Å². The first-order chi connectivity index (χ1) is 9.31. The third-order valence-corrected chi connectivity index (χ3v) is 4.33. The fourth-order valence-electron chi connectivity index (χ4n) is 2.11. The van der Waals surface area contributed by atoms with Gasteiger partial charge < -0.3 is 10.5 Å². The molecule has 3 heteroatoms. The maximum absolute atomic E-state index is 5.80. The van der Waals surface area contributed by atoms with Gasteiger partial charge in [-0.2, -0.15) is 0 Å². The van der Waals surface area contributed by atoms with Gasteiger partial charge in [-0.3, -0.25) is 0 Å². The summed E-state index contributed by atoms with van der Waals surface area (Å²) >= 11 is 1.71. The van der Waals surface area contributed by atoms with Gasteiger partial charge in [0.25, 0.3) is 0 Å². The molecular weight excluding hydrogens is 254 g/mol. The minimum absolute atomic E-state index is 0.243. The van der Waals surface area contributed by atoms with E-state index >= 15 is 0 Å².